The minimum absolute atomic E-state index is 0.0245. The lowest BCUT2D eigenvalue weighted by Gasteiger charge is -2.20. The molecule has 2 fully saturated rings. The van der Waals surface area contributed by atoms with Crippen LogP contribution in [0, 0.1) is 12.8 Å². The maximum Gasteiger partial charge on any atom is 0.252 e. The van der Waals surface area contributed by atoms with Crippen LogP contribution in [0.5, 0.6) is 0 Å². The molecule has 1 aromatic heterocycles. The van der Waals surface area contributed by atoms with Gasteiger partial charge < -0.3 is 16.0 Å². The Hall–Kier alpha value is -2.89. The Morgan fingerprint density at radius 2 is 1.89 bits per heavy atom. The van der Waals surface area contributed by atoms with Gasteiger partial charge in [0.2, 0.25) is 5.91 Å². The molecular weight excluding hydrogens is 340 g/mol. The lowest BCUT2D eigenvalue weighted by Crippen LogP contribution is -2.40. The molecule has 3 N–H and O–H groups in total. The maximum atomic E-state index is 12.4. The molecule has 0 radical (unpaired) electrons. The van der Waals surface area contributed by atoms with E-state index in [-0.39, 0.29) is 23.8 Å². The van der Waals surface area contributed by atoms with E-state index in [9.17, 15) is 9.59 Å². The molecule has 4 rings (SSSR count). The minimum atomic E-state index is -0.490. The molecule has 6 nitrogen and oxygen atoms in total. The van der Waals surface area contributed by atoms with Crippen LogP contribution in [0.2, 0.25) is 0 Å². The van der Waals surface area contributed by atoms with Gasteiger partial charge in [-0.2, -0.15) is 0 Å². The fraction of sp³-hybridized carbons (Fsp3) is 0.381. The molecule has 6 heteroatoms. The number of nitrogens with zero attached hydrogens (tertiary/aromatic N) is 2. The van der Waals surface area contributed by atoms with Gasteiger partial charge in [0.25, 0.3) is 5.91 Å². The Morgan fingerprint density at radius 3 is 2.56 bits per heavy atom. The van der Waals surface area contributed by atoms with Crippen molar-refractivity contribution in [3.63, 3.8) is 0 Å². The number of carbonyl (C=O) groups is 2. The van der Waals surface area contributed by atoms with Crippen molar-refractivity contribution in [2.75, 3.05) is 18.0 Å². The Morgan fingerprint density at radius 1 is 1.15 bits per heavy atom. The first-order valence-electron chi connectivity index (χ1n) is 9.39. The van der Waals surface area contributed by atoms with Crippen LogP contribution in [0.15, 0.2) is 42.6 Å². The summed E-state index contributed by atoms with van der Waals surface area (Å²) in [5.74, 6) is 0.528. The molecule has 1 aliphatic carbocycles. The van der Waals surface area contributed by atoms with Crippen molar-refractivity contribution in [3.8, 4) is 0 Å². The number of nitrogens with one attached hydrogen (secondary N) is 1. The molecule has 2 atom stereocenters. The van der Waals surface area contributed by atoms with Gasteiger partial charge in [-0.25, -0.2) is 4.98 Å². The molecule has 2 aromatic rings. The molecule has 0 bridgehead atoms. The van der Waals surface area contributed by atoms with Crippen LogP contribution >= 0.6 is 0 Å². The maximum absolute atomic E-state index is 12.4. The summed E-state index contributed by atoms with van der Waals surface area (Å²) in [7, 11) is 0. The normalized spacial score (nSPS) is 21.9. The first kappa shape index (κ1) is 17.5. The highest BCUT2D eigenvalue weighted by atomic mass is 16.2. The van der Waals surface area contributed by atoms with Crippen molar-refractivity contribution in [1.82, 2.24) is 10.3 Å². The fourth-order valence-corrected chi connectivity index (χ4v) is 3.76. The number of amides is 2. The average Bonchev–Trinajstić information content (AvgIpc) is 3.44. The molecular formula is C21H24N4O2. The van der Waals surface area contributed by atoms with Crippen molar-refractivity contribution in [3.05, 3.63) is 59.3 Å². The van der Waals surface area contributed by atoms with Gasteiger partial charge in [-0.15, -0.1) is 0 Å². The van der Waals surface area contributed by atoms with Gasteiger partial charge >= 0.3 is 0 Å². The van der Waals surface area contributed by atoms with E-state index in [4.69, 9.17) is 5.73 Å². The van der Waals surface area contributed by atoms with E-state index in [0.717, 1.165) is 12.8 Å². The van der Waals surface area contributed by atoms with Crippen molar-refractivity contribution < 1.29 is 9.59 Å². The molecule has 27 heavy (non-hydrogen) atoms. The molecule has 0 spiro atoms. The number of aromatic nitrogens is 1. The zero-order chi connectivity index (χ0) is 19.0. The molecule has 2 heterocycles. The standard InChI is InChI=1S/C21H24N4O2/c1-13-4-6-14(7-5-13)17-11-25(12-18(17)24-21(27)15-8-9-15)20-16(19(22)26)3-2-10-23-20/h2-7,10,15,17-18H,8-9,11-12H2,1H3,(H2,22,26)(H,24,27)/t17-,18+/m0/s1. The number of pyridine rings is 1. The molecule has 0 unspecified atom stereocenters. The lowest BCUT2D eigenvalue weighted by molar-refractivity contribution is -0.122. The van der Waals surface area contributed by atoms with Crippen LogP contribution in [0.1, 0.15) is 40.2 Å². The highest BCUT2D eigenvalue weighted by Gasteiger charge is 2.39. The molecule has 1 saturated heterocycles. The summed E-state index contributed by atoms with van der Waals surface area (Å²) in [6.07, 6.45) is 3.62. The Kier molecular flexibility index (Phi) is 4.56. The number of rotatable bonds is 5. The zero-order valence-electron chi connectivity index (χ0n) is 15.4. The van der Waals surface area contributed by atoms with Crippen LogP contribution in [-0.4, -0.2) is 35.9 Å². The van der Waals surface area contributed by atoms with Crippen LogP contribution in [0.4, 0.5) is 5.82 Å². The first-order valence-corrected chi connectivity index (χ1v) is 9.39. The summed E-state index contributed by atoms with van der Waals surface area (Å²) in [5, 5.41) is 3.23. The van der Waals surface area contributed by atoms with Crippen molar-refractivity contribution in [1.29, 1.82) is 0 Å². The summed E-state index contributed by atoms with van der Waals surface area (Å²) in [4.78, 5) is 30.7. The highest BCUT2D eigenvalue weighted by Crippen LogP contribution is 2.34. The van der Waals surface area contributed by atoms with Gasteiger partial charge in [-0.1, -0.05) is 29.8 Å². The zero-order valence-corrected chi connectivity index (χ0v) is 15.4. The van der Waals surface area contributed by atoms with Crippen molar-refractivity contribution >= 4 is 17.6 Å². The monoisotopic (exact) mass is 364 g/mol. The van der Waals surface area contributed by atoms with Gasteiger partial charge in [0.15, 0.2) is 0 Å². The number of hydrogen-bond acceptors (Lipinski definition) is 4. The van der Waals surface area contributed by atoms with E-state index in [1.807, 2.05) is 0 Å². The SMILES string of the molecule is Cc1ccc([C@@H]2CN(c3ncccc3C(N)=O)C[C@H]2NC(=O)C2CC2)cc1. The summed E-state index contributed by atoms with van der Waals surface area (Å²) in [5.41, 5.74) is 8.33. The second-order valence-corrected chi connectivity index (χ2v) is 7.55. The molecule has 2 amide bonds. The van der Waals surface area contributed by atoms with Crippen LogP contribution in [0.3, 0.4) is 0 Å². The molecule has 140 valence electrons. The number of aryl methyl sites for hydroxylation is 1. The number of hydrogen-bond donors (Lipinski definition) is 2. The van der Waals surface area contributed by atoms with E-state index in [1.54, 1.807) is 18.3 Å². The van der Waals surface area contributed by atoms with Gasteiger partial charge in [0, 0.05) is 31.1 Å². The number of primary amides is 1. The highest BCUT2D eigenvalue weighted by molar-refractivity contribution is 5.97. The third kappa shape index (κ3) is 3.65. The third-order valence-corrected chi connectivity index (χ3v) is 5.45. The predicted octanol–water partition coefficient (Wildman–Crippen LogP) is 1.99. The fourth-order valence-electron chi connectivity index (χ4n) is 3.76. The van der Waals surface area contributed by atoms with E-state index in [2.05, 4.69) is 46.4 Å². The quantitative estimate of drug-likeness (QED) is 0.849. The third-order valence-electron chi connectivity index (χ3n) is 5.45. The van der Waals surface area contributed by atoms with Crippen LogP contribution in [0.25, 0.3) is 0 Å². The average molecular weight is 364 g/mol. The number of benzene rings is 1. The topological polar surface area (TPSA) is 88.3 Å². The number of anilines is 1. The Labute approximate surface area is 158 Å². The lowest BCUT2D eigenvalue weighted by atomic mass is 9.93. The van der Waals surface area contributed by atoms with Crippen LogP contribution in [-0.2, 0) is 4.79 Å². The summed E-state index contributed by atoms with van der Waals surface area (Å²) >= 11 is 0. The van der Waals surface area contributed by atoms with E-state index in [0.29, 0.717) is 24.5 Å². The largest absolute Gasteiger partial charge is 0.365 e. The second kappa shape index (κ2) is 7.02. The Bertz CT molecular complexity index is 861. The summed E-state index contributed by atoms with van der Waals surface area (Å²) < 4.78 is 0. The minimum Gasteiger partial charge on any atom is -0.365 e. The molecule has 1 saturated carbocycles. The second-order valence-electron chi connectivity index (χ2n) is 7.55. The molecule has 1 aromatic carbocycles. The predicted molar refractivity (Wildman–Crippen MR) is 104 cm³/mol. The van der Waals surface area contributed by atoms with E-state index >= 15 is 0 Å². The van der Waals surface area contributed by atoms with Crippen LogP contribution < -0.4 is 16.0 Å². The van der Waals surface area contributed by atoms with Gasteiger partial charge in [0.05, 0.1) is 11.6 Å². The van der Waals surface area contributed by atoms with Crippen molar-refractivity contribution in [2.45, 2.75) is 31.7 Å². The first-order chi connectivity index (χ1) is 13.0. The van der Waals surface area contributed by atoms with Gasteiger partial charge in [-0.3, -0.25) is 9.59 Å². The number of carbonyl (C=O) groups excluding carboxylic acids is 2. The summed E-state index contributed by atoms with van der Waals surface area (Å²) in [6, 6.07) is 11.8. The van der Waals surface area contributed by atoms with Gasteiger partial charge in [0.1, 0.15) is 5.82 Å². The smallest absolute Gasteiger partial charge is 0.252 e. The van der Waals surface area contributed by atoms with Gasteiger partial charge in [-0.05, 0) is 37.5 Å². The number of nitrogens with two attached hydrogens (primary N) is 1. The van der Waals surface area contributed by atoms with Crippen molar-refractivity contribution in [2.24, 2.45) is 11.7 Å². The molecule has 1 aliphatic heterocycles. The summed E-state index contributed by atoms with van der Waals surface area (Å²) in [6.45, 7) is 3.34. The Balaban J connectivity index is 1.63. The van der Waals surface area contributed by atoms with E-state index in [1.165, 1.54) is 11.1 Å². The van der Waals surface area contributed by atoms with E-state index < -0.39 is 5.91 Å². The molecule has 2 aliphatic rings.